The molecule has 3 rings (SSSR count). The molecule has 0 aromatic rings. The van der Waals surface area contributed by atoms with Crippen LogP contribution in [0.2, 0.25) is 0 Å². The monoisotopic (exact) mass is 504 g/mol. The molecule has 15 atom stereocenters. The van der Waals surface area contributed by atoms with Crippen molar-refractivity contribution in [2.75, 3.05) is 19.8 Å². The van der Waals surface area contributed by atoms with Crippen molar-refractivity contribution in [3.05, 3.63) is 0 Å². The summed E-state index contributed by atoms with van der Waals surface area (Å²) in [6.07, 6.45) is -25.6. The topological polar surface area (TPSA) is 269 Å². The van der Waals surface area contributed by atoms with Crippen molar-refractivity contribution in [3.8, 4) is 0 Å². The van der Waals surface area contributed by atoms with Crippen molar-refractivity contribution >= 4 is 0 Å². The second kappa shape index (κ2) is 11.6. The fourth-order valence-electron chi connectivity index (χ4n) is 4.04. The first-order chi connectivity index (χ1) is 16.0. The third kappa shape index (κ3) is 5.37. The summed E-state index contributed by atoms with van der Waals surface area (Å²) >= 11 is 0. The number of aliphatic hydroxyl groups is 11. The van der Waals surface area contributed by atoms with Gasteiger partial charge in [0.25, 0.3) is 0 Å². The lowest BCUT2D eigenvalue weighted by Crippen LogP contribution is -2.66. The first-order valence-corrected chi connectivity index (χ1v) is 10.6. The first kappa shape index (κ1) is 27.9. The summed E-state index contributed by atoms with van der Waals surface area (Å²) in [6.45, 7) is -2.35. The Kier molecular flexibility index (Phi) is 9.54. The molecule has 16 nitrogen and oxygen atoms in total. The van der Waals surface area contributed by atoms with E-state index in [-0.39, 0.29) is 0 Å². The van der Waals surface area contributed by atoms with E-state index in [9.17, 15) is 56.2 Å². The van der Waals surface area contributed by atoms with Crippen LogP contribution in [-0.2, 0) is 23.7 Å². The Morgan fingerprint density at radius 2 is 0.912 bits per heavy atom. The molecule has 1 unspecified atom stereocenters. The summed E-state index contributed by atoms with van der Waals surface area (Å²) in [7, 11) is 0. The first-order valence-electron chi connectivity index (χ1n) is 10.6. The molecule has 3 aliphatic rings. The highest BCUT2D eigenvalue weighted by molar-refractivity contribution is 4.96. The van der Waals surface area contributed by atoms with Crippen LogP contribution in [-0.4, -0.2) is 168 Å². The smallest absolute Gasteiger partial charge is 0.187 e. The van der Waals surface area contributed by atoms with Crippen LogP contribution in [0.3, 0.4) is 0 Å². The quantitative estimate of drug-likeness (QED) is 0.154. The van der Waals surface area contributed by atoms with E-state index in [2.05, 4.69) is 0 Å². The summed E-state index contributed by atoms with van der Waals surface area (Å²) in [5.74, 6) is 0. The van der Waals surface area contributed by atoms with E-state index in [0.29, 0.717) is 0 Å². The Morgan fingerprint density at radius 3 is 1.47 bits per heavy atom. The number of rotatable bonds is 7. The van der Waals surface area contributed by atoms with Crippen LogP contribution in [0, 0.1) is 0 Å². The highest BCUT2D eigenvalue weighted by Crippen LogP contribution is 2.32. The number of aliphatic hydroxyl groups excluding tert-OH is 11. The SMILES string of the molecule is OC[C@H]1O[C@@H](O[C@H]2[C@H](O[C@@H]3[C@H](O)[C@@H](O)C(O)O[C@@H]3CO)O[C@H](CO)[C@@H](O)[C@@H]2O)[C@H](O)[C@@H](O)[C@@H]1O. The van der Waals surface area contributed by atoms with Gasteiger partial charge in [-0.25, -0.2) is 0 Å². The van der Waals surface area contributed by atoms with Crippen LogP contribution < -0.4 is 0 Å². The molecule has 3 heterocycles. The lowest BCUT2D eigenvalue weighted by Gasteiger charge is -2.48. The summed E-state index contributed by atoms with van der Waals surface area (Å²) in [5, 5.41) is 109. The van der Waals surface area contributed by atoms with E-state index in [1.54, 1.807) is 0 Å². The lowest BCUT2D eigenvalue weighted by molar-refractivity contribution is -0.387. The Balaban J connectivity index is 1.84. The van der Waals surface area contributed by atoms with Gasteiger partial charge in [-0.3, -0.25) is 0 Å². The third-order valence-electron chi connectivity index (χ3n) is 6.09. The van der Waals surface area contributed by atoms with Crippen molar-refractivity contribution in [2.45, 2.75) is 92.1 Å². The second-order valence-corrected chi connectivity index (χ2v) is 8.33. The fraction of sp³-hybridized carbons (Fsp3) is 1.00. The van der Waals surface area contributed by atoms with Gasteiger partial charge in [-0.05, 0) is 0 Å². The average molecular weight is 504 g/mol. The molecular weight excluding hydrogens is 472 g/mol. The zero-order valence-electron chi connectivity index (χ0n) is 17.7. The highest BCUT2D eigenvalue weighted by atomic mass is 16.8. The molecule has 3 aliphatic heterocycles. The van der Waals surface area contributed by atoms with Gasteiger partial charge in [0.2, 0.25) is 0 Å². The van der Waals surface area contributed by atoms with Crippen molar-refractivity contribution in [1.82, 2.24) is 0 Å². The zero-order valence-corrected chi connectivity index (χ0v) is 17.7. The van der Waals surface area contributed by atoms with Gasteiger partial charge in [-0.1, -0.05) is 0 Å². The number of hydrogen-bond acceptors (Lipinski definition) is 16. The molecule has 0 aromatic heterocycles. The maximum atomic E-state index is 10.6. The standard InChI is InChI=1S/C18H32O16/c19-1-4-7(22)9(24)13(28)17(31-4)34-15-10(25)8(23)5(2-20)32-18(15)33-14-6(3-21)30-16(29)12(27)11(14)26/h4-29H,1-3H2/t4-,5-,6-,7-,8-,9+,10+,11-,12-,13-,14+,15-,16?,17+,18+/m1/s1. The van der Waals surface area contributed by atoms with E-state index < -0.39 is 112 Å². The second-order valence-electron chi connectivity index (χ2n) is 8.33. The van der Waals surface area contributed by atoms with Crippen LogP contribution in [0.5, 0.6) is 0 Å². The van der Waals surface area contributed by atoms with Crippen molar-refractivity contribution in [3.63, 3.8) is 0 Å². The molecule has 0 radical (unpaired) electrons. The lowest BCUT2D eigenvalue weighted by atomic mass is 9.96. The molecule has 0 aliphatic carbocycles. The fourth-order valence-corrected chi connectivity index (χ4v) is 4.04. The zero-order chi connectivity index (χ0) is 25.3. The average Bonchev–Trinajstić information content (AvgIpc) is 2.83. The van der Waals surface area contributed by atoms with Crippen molar-refractivity contribution in [1.29, 1.82) is 0 Å². The largest absolute Gasteiger partial charge is 0.394 e. The molecule has 11 N–H and O–H groups in total. The molecule has 0 bridgehead atoms. The van der Waals surface area contributed by atoms with E-state index >= 15 is 0 Å². The van der Waals surface area contributed by atoms with Gasteiger partial charge < -0.3 is 79.9 Å². The van der Waals surface area contributed by atoms with Gasteiger partial charge >= 0.3 is 0 Å². The molecule has 0 aromatic carbocycles. The normalized spacial score (nSPS) is 52.5. The van der Waals surface area contributed by atoms with Gasteiger partial charge in [-0.2, -0.15) is 0 Å². The molecule has 16 heteroatoms. The molecule has 0 spiro atoms. The van der Waals surface area contributed by atoms with E-state index in [1.807, 2.05) is 0 Å². The molecule has 3 saturated heterocycles. The van der Waals surface area contributed by atoms with Gasteiger partial charge in [0.1, 0.15) is 73.2 Å². The summed E-state index contributed by atoms with van der Waals surface area (Å²) in [4.78, 5) is 0. The molecular formula is C18H32O16. The van der Waals surface area contributed by atoms with Gasteiger partial charge in [-0.15, -0.1) is 0 Å². The minimum absolute atomic E-state index is 0.770. The van der Waals surface area contributed by atoms with E-state index in [4.69, 9.17) is 23.7 Å². The number of ether oxygens (including phenoxy) is 5. The molecule has 0 amide bonds. The number of hydrogen-bond donors (Lipinski definition) is 11. The third-order valence-corrected chi connectivity index (χ3v) is 6.09. The van der Waals surface area contributed by atoms with Crippen molar-refractivity contribution < 1.29 is 79.9 Å². The minimum atomic E-state index is -1.89. The van der Waals surface area contributed by atoms with Crippen LogP contribution in [0.4, 0.5) is 0 Å². The van der Waals surface area contributed by atoms with Crippen molar-refractivity contribution in [2.24, 2.45) is 0 Å². The molecule has 0 saturated carbocycles. The van der Waals surface area contributed by atoms with Gasteiger partial charge in [0, 0.05) is 0 Å². The minimum Gasteiger partial charge on any atom is -0.394 e. The van der Waals surface area contributed by atoms with Crippen LogP contribution in [0.15, 0.2) is 0 Å². The predicted molar refractivity (Wildman–Crippen MR) is 101 cm³/mol. The van der Waals surface area contributed by atoms with Crippen LogP contribution in [0.1, 0.15) is 0 Å². The maximum absolute atomic E-state index is 10.6. The Bertz CT molecular complexity index is 637. The summed E-state index contributed by atoms with van der Waals surface area (Å²) in [6, 6.07) is 0. The molecule has 3 fully saturated rings. The Morgan fingerprint density at radius 1 is 0.441 bits per heavy atom. The molecule has 200 valence electrons. The summed E-state index contributed by atoms with van der Waals surface area (Å²) < 4.78 is 26.7. The Hall–Kier alpha value is -0.640. The van der Waals surface area contributed by atoms with Gasteiger partial charge in [0.15, 0.2) is 18.9 Å². The van der Waals surface area contributed by atoms with E-state index in [0.717, 1.165) is 0 Å². The Labute approximate surface area is 192 Å². The highest BCUT2D eigenvalue weighted by Gasteiger charge is 2.53. The maximum Gasteiger partial charge on any atom is 0.187 e. The van der Waals surface area contributed by atoms with Crippen LogP contribution >= 0.6 is 0 Å². The van der Waals surface area contributed by atoms with Crippen LogP contribution in [0.25, 0.3) is 0 Å². The predicted octanol–water partition coefficient (Wildman–Crippen LogP) is -7.57. The molecule has 34 heavy (non-hydrogen) atoms. The van der Waals surface area contributed by atoms with E-state index in [1.165, 1.54) is 0 Å². The summed E-state index contributed by atoms with van der Waals surface area (Å²) in [5.41, 5.74) is 0. The van der Waals surface area contributed by atoms with Gasteiger partial charge in [0.05, 0.1) is 19.8 Å².